The van der Waals surface area contributed by atoms with Gasteiger partial charge in [-0.05, 0) is 39.8 Å². The molecular formula is C14H22N2O. The molecular weight excluding hydrogens is 212 g/mol. The third-order valence-electron chi connectivity index (χ3n) is 3.57. The van der Waals surface area contributed by atoms with Crippen LogP contribution < -0.4 is 10.2 Å². The molecule has 2 N–H and O–H groups in total. The quantitative estimate of drug-likeness (QED) is 0.822. The first-order valence-corrected chi connectivity index (χ1v) is 6.44. The number of nitrogens with one attached hydrogen (secondary N) is 1. The van der Waals surface area contributed by atoms with Gasteiger partial charge in [-0.1, -0.05) is 6.07 Å². The lowest BCUT2D eigenvalue weighted by Crippen LogP contribution is -2.25. The molecule has 0 spiro atoms. The van der Waals surface area contributed by atoms with Crippen molar-refractivity contribution in [1.82, 2.24) is 5.32 Å². The summed E-state index contributed by atoms with van der Waals surface area (Å²) in [6.45, 7) is 5.22. The van der Waals surface area contributed by atoms with Gasteiger partial charge in [-0.3, -0.25) is 0 Å². The van der Waals surface area contributed by atoms with Crippen molar-refractivity contribution in [3.8, 4) is 5.75 Å². The maximum absolute atomic E-state index is 10.1. The molecule has 3 heteroatoms. The average molecular weight is 234 g/mol. The Morgan fingerprint density at radius 1 is 1.47 bits per heavy atom. The van der Waals surface area contributed by atoms with Crippen LogP contribution in [0.25, 0.3) is 0 Å². The average Bonchev–Trinajstić information content (AvgIpc) is 3.14. The Morgan fingerprint density at radius 2 is 2.18 bits per heavy atom. The second-order valence-electron chi connectivity index (χ2n) is 4.77. The van der Waals surface area contributed by atoms with E-state index < -0.39 is 0 Å². The van der Waals surface area contributed by atoms with Crippen LogP contribution in [0.2, 0.25) is 0 Å². The summed E-state index contributed by atoms with van der Waals surface area (Å²) in [6, 6.07) is 6.90. The molecule has 1 unspecified atom stereocenters. The molecule has 3 nitrogen and oxygen atoms in total. The molecule has 1 aliphatic rings. The van der Waals surface area contributed by atoms with E-state index in [0.717, 1.165) is 17.8 Å². The van der Waals surface area contributed by atoms with Crippen molar-refractivity contribution in [2.45, 2.75) is 38.8 Å². The van der Waals surface area contributed by atoms with Gasteiger partial charge in [-0.15, -0.1) is 0 Å². The van der Waals surface area contributed by atoms with Crippen molar-refractivity contribution in [3.63, 3.8) is 0 Å². The molecule has 1 atom stereocenters. The highest BCUT2D eigenvalue weighted by molar-refractivity contribution is 5.55. The summed E-state index contributed by atoms with van der Waals surface area (Å²) in [4.78, 5) is 2.37. The molecule has 0 aliphatic heterocycles. The summed E-state index contributed by atoms with van der Waals surface area (Å²) < 4.78 is 0. The lowest BCUT2D eigenvalue weighted by molar-refractivity contribution is 0.458. The lowest BCUT2D eigenvalue weighted by atomic mass is 10.1. The first-order chi connectivity index (χ1) is 8.17. The Hall–Kier alpha value is -1.22. The Bertz CT molecular complexity index is 388. The number of hydrogen-bond donors (Lipinski definition) is 2. The van der Waals surface area contributed by atoms with Gasteiger partial charge >= 0.3 is 0 Å². The molecule has 1 aromatic carbocycles. The van der Waals surface area contributed by atoms with Gasteiger partial charge in [0.1, 0.15) is 5.75 Å². The van der Waals surface area contributed by atoms with Gasteiger partial charge in [0.15, 0.2) is 0 Å². The fraction of sp³-hybridized carbons (Fsp3) is 0.571. The molecule has 1 fully saturated rings. The SMILES string of the molecule is CCN(c1ccc(C(C)NC)c(O)c1)C1CC1. The van der Waals surface area contributed by atoms with E-state index in [9.17, 15) is 5.11 Å². The zero-order chi connectivity index (χ0) is 12.4. The van der Waals surface area contributed by atoms with Crippen molar-refractivity contribution in [3.05, 3.63) is 23.8 Å². The van der Waals surface area contributed by atoms with Gasteiger partial charge in [0, 0.05) is 35.9 Å². The molecule has 1 saturated carbocycles. The number of phenols is 1. The van der Waals surface area contributed by atoms with Crippen LogP contribution in [0.3, 0.4) is 0 Å². The van der Waals surface area contributed by atoms with Crippen LogP contribution in [0.5, 0.6) is 5.75 Å². The van der Waals surface area contributed by atoms with Crippen LogP contribution >= 0.6 is 0 Å². The summed E-state index contributed by atoms with van der Waals surface area (Å²) in [5.74, 6) is 0.392. The second-order valence-corrected chi connectivity index (χ2v) is 4.77. The van der Waals surface area contributed by atoms with Crippen molar-refractivity contribution < 1.29 is 5.11 Å². The summed E-state index contributed by atoms with van der Waals surface area (Å²) in [7, 11) is 1.90. The Kier molecular flexibility index (Phi) is 3.57. The predicted octanol–water partition coefficient (Wildman–Crippen LogP) is 2.66. The molecule has 17 heavy (non-hydrogen) atoms. The van der Waals surface area contributed by atoms with Crippen LogP contribution in [0.15, 0.2) is 18.2 Å². The van der Waals surface area contributed by atoms with Gasteiger partial charge in [0.2, 0.25) is 0 Å². The highest BCUT2D eigenvalue weighted by Gasteiger charge is 2.28. The van der Waals surface area contributed by atoms with E-state index in [1.165, 1.54) is 12.8 Å². The highest BCUT2D eigenvalue weighted by atomic mass is 16.3. The third-order valence-corrected chi connectivity index (χ3v) is 3.57. The van der Waals surface area contributed by atoms with Crippen LogP contribution in [-0.2, 0) is 0 Å². The van der Waals surface area contributed by atoms with Crippen molar-refractivity contribution in [2.24, 2.45) is 0 Å². The zero-order valence-electron chi connectivity index (χ0n) is 10.9. The number of nitrogens with zero attached hydrogens (tertiary/aromatic N) is 1. The molecule has 0 bridgehead atoms. The largest absolute Gasteiger partial charge is 0.508 e. The molecule has 0 saturated heterocycles. The fourth-order valence-electron chi connectivity index (χ4n) is 2.27. The zero-order valence-corrected chi connectivity index (χ0v) is 10.9. The maximum atomic E-state index is 10.1. The number of anilines is 1. The Balaban J connectivity index is 2.23. The van der Waals surface area contributed by atoms with E-state index in [2.05, 4.69) is 23.2 Å². The topological polar surface area (TPSA) is 35.5 Å². The van der Waals surface area contributed by atoms with E-state index >= 15 is 0 Å². The summed E-state index contributed by atoms with van der Waals surface area (Å²) in [5, 5.41) is 13.2. The number of phenolic OH excluding ortho intramolecular Hbond substituents is 1. The first-order valence-electron chi connectivity index (χ1n) is 6.44. The smallest absolute Gasteiger partial charge is 0.122 e. The van der Waals surface area contributed by atoms with Crippen LogP contribution in [0.4, 0.5) is 5.69 Å². The van der Waals surface area contributed by atoms with E-state index in [4.69, 9.17) is 0 Å². The van der Waals surface area contributed by atoms with E-state index in [1.54, 1.807) is 0 Å². The minimum Gasteiger partial charge on any atom is -0.508 e. The first kappa shape index (κ1) is 12.2. The van der Waals surface area contributed by atoms with Gasteiger partial charge in [0.25, 0.3) is 0 Å². The minimum absolute atomic E-state index is 0.181. The number of aromatic hydroxyl groups is 1. The van der Waals surface area contributed by atoms with Crippen molar-refractivity contribution in [2.75, 3.05) is 18.5 Å². The Morgan fingerprint density at radius 3 is 2.65 bits per heavy atom. The molecule has 0 radical (unpaired) electrons. The molecule has 0 heterocycles. The van der Waals surface area contributed by atoms with Crippen LogP contribution in [-0.4, -0.2) is 24.7 Å². The predicted molar refractivity (Wildman–Crippen MR) is 71.6 cm³/mol. The van der Waals surface area contributed by atoms with Gasteiger partial charge in [-0.25, -0.2) is 0 Å². The summed E-state index contributed by atoms with van der Waals surface area (Å²) in [6.07, 6.45) is 2.56. The van der Waals surface area contributed by atoms with Crippen molar-refractivity contribution >= 4 is 5.69 Å². The lowest BCUT2D eigenvalue weighted by Gasteiger charge is -2.24. The normalized spacial score (nSPS) is 16.9. The standard InChI is InChI=1S/C14H22N2O/c1-4-16(11-5-6-11)12-7-8-13(10(2)15-3)14(17)9-12/h7-11,15,17H,4-6H2,1-3H3. The summed E-state index contributed by atoms with van der Waals surface area (Å²) in [5.41, 5.74) is 2.10. The third kappa shape index (κ3) is 2.55. The number of rotatable bonds is 5. The van der Waals surface area contributed by atoms with Gasteiger partial charge in [0.05, 0.1) is 0 Å². The van der Waals surface area contributed by atoms with Crippen LogP contribution in [0.1, 0.15) is 38.3 Å². The fourth-order valence-corrected chi connectivity index (χ4v) is 2.27. The van der Waals surface area contributed by atoms with E-state index in [0.29, 0.717) is 11.8 Å². The summed E-state index contributed by atoms with van der Waals surface area (Å²) >= 11 is 0. The van der Waals surface area contributed by atoms with E-state index in [1.807, 2.05) is 26.1 Å². The molecule has 94 valence electrons. The molecule has 1 aromatic rings. The Labute approximate surface area is 103 Å². The number of hydrogen-bond acceptors (Lipinski definition) is 3. The van der Waals surface area contributed by atoms with E-state index in [-0.39, 0.29) is 6.04 Å². The molecule has 0 amide bonds. The van der Waals surface area contributed by atoms with Gasteiger partial charge in [-0.2, -0.15) is 0 Å². The molecule has 2 rings (SSSR count). The van der Waals surface area contributed by atoms with Gasteiger partial charge < -0.3 is 15.3 Å². The molecule has 0 aromatic heterocycles. The van der Waals surface area contributed by atoms with Crippen molar-refractivity contribution in [1.29, 1.82) is 0 Å². The maximum Gasteiger partial charge on any atom is 0.122 e. The van der Waals surface area contributed by atoms with Crippen LogP contribution in [0, 0.1) is 0 Å². The second kappa shape index (κ2) is 4.96. The monoisotopic (exact) mass is 234 g/mol. The molecule has 1 aliphatic carbocycles. The number of benzene rings is 1. The minimum atomic E-state index is 0.181. The highest BCUT2D eigenvalue weighted by Crippen LogP contribution is 2.35.